The van der Waals surface area contributed by atoms with E-state index in [9.17, 15) is 4.79 Å². The molecule has 6 heteroatoms. The van der Waals surface area contributed by atoms with Crippen molar-refractivity contribution in [1.29, 1.82) is 0 Å². The van der Waals surface area contributed by atoms with Gasteiger partial charge in [0.25, 0.3) is 5.91 Å². The molecule has 1 aliphatic rings. The maximum Gasteiger partial charge on any atom is 0.262 e. The van der Waals surface area contributed by atoms with E-state index >= 15 is 0 Å². The van der Waals surface area contributed by atoms with E-state index in [-0.39, 0.29) is 18.6 Å². The Hall–Kier alpha value is -2.53. The molecule has 0 N–H and O–H groups in total. The lowest BCUT2D eigenvalue weighted by molar-refractivity contribution is -0.116. The first-order chi connectivity index (χ1) is 10.8. The van der Waals surface area contributed by atoms with Crippen molar-refractivity contribution >= 4 is 29.4 Å². The topological polar surface area (TPSA) is 51.1 Å². The maximum absolute atomic E-state index is 12.0. The highest BCUT2D eigenvalue weighted by Gasteiger charge is 2.14. The zero-order valence-electron chi connectivity index (χ0n) is 11.6. The third-order valence-corrected chi connectivity index (χ3v) is 3.30. The van der Waals surface area contributed by atoms with E-state index in [4.69, 9.17) is 21.1 Å². The quantitative estimate of drug-likeness (QED) is 0.495. The number of rotatable bonds is 4. The van der Waals surface area contributed by atoms with Gasteiger partial charge < -0.3 is 9.47 Å². The molecule has 22 heavy (non-hydrogen) atoms. The monoisotopic (exact) mass is 316 g/mol. The first-order valence-corrected chi connectivity index (χ1v) is 7.19. The van der Waals surface area contributed by atoms with Gasteiger partial charge in [-0.25, -0.2) is 0 Å². The molecule has 0 spiro atoms. The summed E-state index contributed by atoms with van der Waals surface area (Å²) in [6, 6.07) is 14.6. The number of benzene rings is 2. The molecule has 2 aromatic carbocycles. The molecule has 1 amide bonds. The minimum absolute atomic E-state index is 0.145. The summed E-state index contributed by atoms with van der Waals surface area (Å²) in [6.07, 6.45) is 1.58. The van der Waals surface area contributed by atoms with Crippen molar-refractivity contribution in [2.24, 2.45) is 5.10 Å². The van der Waals surface area contributed by atoms with Crippen molar-refractivity contribution < 1.29 is 14.3 Å². The van der Waals surface area contributed by atoms with Crippen LogP contribution in [0.15, 0.2) is 53.6 Å². The molecule has 5 nitrogen and oxygen atoms in total. The second kappa shape index (κ2) is 6.49. The Morgan fingerprint density at radius 3 is 2.73 bits per heavy atom. The molecule has 3 rings (SSSR count). The molecule has 1 aliphatic heterocycles. The van der Waals surface area contributed by atoms with Gasteiger partial charge in [-0.2, -0.15) is 10.1 Å². The summed E-state index contributed by atoms with van der Waals surface area (Å²) in [4.78, 5) is 12.0. The molecule has 0 radical (unpaired) electrons. The third-order valence-electron chi connectivity index (χ3n) is 3.07. The Balaban J connectivity index is 1.85. The van der Waals surface area contributed by atoms with Gasteiger partial charge in [0.15, 0.2) is 11.5 Å². The zero-order valence-corrected chi connectivity index (χ0v) is 12.4. The van der Waals surface area contributed by atoms with Crippen LogP contribution in [0.3, 0.4) is 0 Å². The van der Waals surface area contributed by atoms with Gasteiger partial charge in [-0.05, 0) is 35.9 Å². The molecular weight excluding hydrogens is 304 g/mol. The standard InChI is InChI=1S/C16H13ClN2O3/c17-9-16(20)19(13-4-2-1-3-5-13)18-10-12-6-7-14-15(8-12)22-11-21-14/h1-8,10H,9,11H2/b18-10+. The van der Waals surface area contributed by atoms with E-state index in [0.29, 0.717) is 17.2 Å². The molecule has 0 bridgehead atoms. The Morgan fingerprint density at radius 2 is 1.95 bits per heavy atom. The number of anilines is 1. The van der Waals surface area contributed by atoms with Crippen LogP contribution in [0, 0.1) is 0 Å². The first-order valence-electron chi connectivity index (χ1n) is 6.65. The summed E-state index contributed by atoms with van der Waals surface area (Å²) in [5, 5.41) is 5.51. The SMILES string of the molecule is O=C(CCl)N(/N=C/c1ccc2c(c1)OCO2)c1ccccc1. The Bertz CT molecular complexity index is 704. The van der Waals surface area contributed by atoms with Gasteiger partial charge in [-0.3, -0.25) is 4.79 Å². The predicted molar refractivity (Wildman–Crippen MR) is 84.8 cm³/mol. The highest BCUT2D eigenvalue weighted by Crippen LogP contribution is 2.32. The van der Waals surface area contributed by atoms with Crippen molar-refractivity contribution in [3.63, 3.8) is 0 Å². The summed E-state index contributed by atoms with van der Waals surface area (Å²) in [6.45, 7) is 0.219. The number of hydrogen-bond donors (Lipinski definition) is 0. The van der Waals surface area contributed by atoms with Gasteiger partial charge in [-0.1, -0.05) is 18.2 Å². The van der Waals surface area contributed by atoms with Crippen LogP contribution < -0.4 is 14.5 Å². The number of para-hydroxylation sites is 1. The second-order valence-corrected chi connectivity index (χ2v) is 4.80. The Kier molecular flexibility index (Phi) is 4.25. The van der Waals surface area contributed by atoms with Gasteiger partial charge in [0, 0.05) is 0 Å². The van der Waals surface area contributed by atoms with Crippen LogP contribution in [0.4, 0.5) is 5.69 Å². The van der Waals surface area contributed by atoms with E-state index in [0.717, 1.165) is 5.56 Å². The van der Waals surface area contributed by atoms with E-state index in [1.165, 1.54) is 5.01 Å². The lowest BCUT2D eigenvalue weighted by atomic mass is 10.2. The molecule has 2 aromatic rings. The average Bonchev–Trinajstić information content (AvgIpc) is 3.03. The summed E-state index contributed by atoms with van der Waals surface area (Å²) in [5.74, 6) is 0.922. The van der Waals surface area contributed by atoms with Crippen molar-refractivity contribution in [2.75, 3.05) is 17.7 Å². The van der Waals surface area contributed by atoms with E-state index < -0.39 is 0 Å². The van der Waals surface area contributed by atoms with Crippen molar-refractivity contribution in [3.8, 4) is 11.5 Å². The fourth-order valence-electron chi connectivity index (χ4n) is 2.02. The zero-order chi connectivity index (χ0) is 15.4. The van der Waals surface area contributed by atoms with Gasteiger partial charge in [0.2, 0.25) is 6.79 Å². The van der Waals surface area contributed by atoms with Gasteiger partial charge >= 0.3 is 0 Å². The van der Waals surface area contributed by atoms with Crippen molar-refractivity contribution in [2.45, 2.75) is 0 Å². The lowest BCUT2D eigenvalue weighted by Gasteiger charge is -2.15. The highest BCUT2D eigenvalue weighted by molar-refractivity contribution is 6.29. The molecule has 0 aliphatic carbocycles. The number of hydrazone groups is 1. The summed E-state index contributed by atoms with van der Waals surface area (Å²) < 4.78 is 10.6. The normalized spacial score (nSPS) is 12.6. The molecular formula is C16H13ClN2O3. The van der Waals surface area contributed by atoms with E-state index in [1.807, 2.05) is 24.3 Å². The van der Waals surface area contributed by atoms with Crippen LogP contribution in [0.25, 0.3) is 0 Å². The fraction of sp³-hybridized carbons (Fsp3) is 0.125. The molecule has 0 fully saturated rings. The third kappa shape index (κ3) is 3.04. The summed E-state index contributed by atoms with van der Waals surface area (Å²) >= 11 is 5.65. The van der Waals surface area contributed by atoms with Crippen LogP contribution in [0.1, 0.15) is 5.56 Å². The van der Waals surface area contributed by atoms with E-state index in [2.05, 4.69) is 5.10 Å². The van der Waals surface area contributed by atoms with Gasteiger partial charge in [0.1, 0.15) is 5.88 Å². The minimum Gasteiger partial charge on any atom is -0.454 e. The number of ether oxygens (including phenoxy) is 2. The van der Waals surface area contributed by atoms with E-state index in [1.54, 1.807) is 30.5 Å². The predicted octanol–water partition coefficient (Wildman–Crippen LogP) is 3.02. The van der Waals surface area contributed by atoms with Crippen LogP contribution >= 0.6 is 11.6 Å². The molecule has 0 atom stereocenters. The number of carbonyl (C=O) groups excluding carboxylic acids is 1. The number of carbonyl (C=O) groups is 1. The van der Waals surface area contributed by atoms with Crippen LogP contribution in [-0.4, -0.2) is 24.8 Å². The maximum atomic E-state index is 12.0. The molecule has 0 aromatic heterocycles. The number of fused-ring (bicyclic) bond motifs is 1. The lowest BCUT2D eigenvalue weighted by Crippen LogP contribution is -2.26. The first kappa shape index (κ1) is 14.4. The van der Waals surface area contributed by atoms with Crippen LogP contribution in [-0.2, 0) is 4.79 Å². The van der Waals surface area contributed by atoms with Crippen LogP contribution in [0.2, 0.25) is 0 Å². The molecule has 112 valence electrons. The van der Waals surface area contributed by atoms with Crippen molar-refractivity contribution in [3.05, 3.63) is 54.1 Å². The number of amides is 1. The molecule has 0 saturated heterocycles. The highest BCUT2D eigenvalue weighted by atomic mass is 35.5. The number of hydrogen-bond acceptors (Lipinski definition) is 4. The molecule has 1 heterocycles. The van der Waals surface area contributed by atoms with Gasteiger partial charge in [-0.15, -0.1) is 11.6 Å². The molecule has 0 saturated carbocycles. The summed E-state index contributed by atoms with van der Waals surface area (Å²) in [7, 11) is 0. The average molecular weight is 317 g/mol. The molecule has 0 unspecified atom stereocenters. The largest absolute Gasteiger partial charge is 0.454 e. The summed E-state index contributed by atoms with van der Waals surface area (Å²) in [5.41, 5.74) is 1.46. The second-order valence-electron chi connectivity index (χ2n) is 4.53. The number of alkyl halides is 1. The fourth-order valence-corrected chi connectivity index (χ4v) is 2.13. The minimum atomic E-state index is -0.301. The van der Waals surface area contributed by atoms with Crippen LogP contribution in [0.5, 0.6) is 11.5 Å². The Labute approximate surface area is 132 Å². The van der Waals surface area contributed by atoms with Crippen molar-refractivity contribution in [1.82, 2.24) is 0 Å². The smallest absolute Gasteiger partial charge is 0.262 e. The number of nitrogens with zero attached hydrogens (tertiary/aromatic N) is 2. The number of halogens is 1. The van der Waals surface area contributed by atoms with Gasteiger partial charge in [0.05, 0.1) is 11.9 Å². The Morgan fingerprint density at radius 1 is 1.18 bits per heavy atom.